The fourth-order valence-electron chi connectivity index (χ4n) is 7.53. The van der Waals surface area contributed by atoms with E-state index in [1.807, 2.05) is 54.6 Å². The third kappa shape index (κ3) is 4.98. The highest BCUT2D eigenvalue weighted by Crippen LogP contribution is 2.52. The van der Waals surface area contributed by atoms with E-state index >= 15 is 0 Å². The van der Waals surface area contributed by atoms with E-state index < -0.39 is 0 Å². The molecule has 0 heterocycles. The van der Waals surface area contributed by atoms with Crippen LogP contribution < -0.4 is 11.1 Å². The molecule has 3 N–H and O–H groups in total. The normalized spacial score (nSPS) is 12.7. The molecular formula is C46H38N2. The summed E-state index contributed by atoms with van der Waals surface area (Å²) in [6, 6.07) is 56.1. The summed E-state index contributed by atoms with van der Waals surface area (Å²) < 4.78 is 0. The van der Waals surface area contributed by atoms with Crippen molar-refractivity contribution in [2.45, 2.75) is 26.2 Å². The Morgan fingerprint density at radius 2 is 1.17 bits per heavy atom. The lowest BCUT2D eigenvalue weighted by atomic mass is 9.80. The van der Waals surface area contributed by atoms with Gasteiger partial charge in [-0.25, -0.2) is 0 Å². The quantitative estimate of drug-likeness (QED) is 0.153. The molecule has 1 aliphatic rings. The third-order valence-electron chi connectivity index (χ3n) is 10.0. The van der Waals surface area contributed by atoms with Crippen LogP contribution in [0.2, 0.25) is 0 Å². The number of benzene rings is 8. The van der Waals surface area contributed by atoms with Gasteiger partial charge in [-0.1, -0.05) is 129 Å². The smallest absolute Gasteiger partial charge is 0.0617 e. The second kappa shape index (κ2) is 11.7. The van der Waals surface area contributed by atoms with Crippen LogP contribution in [-0.2, 0) is 5.41 Å². The van der Waals surface area contributed by atoms with E-state index in [1.54, 1.807) is 0 Å². The molecule has 0 fully saturated rings. The fourth-order valence-corrected chi connectivity index (χ4v) is 7.53. The summed E-state index contributed by atoms with van der Waals surface area (Å²) in [5, 5.41) is 11.2. The Morgan fingerprint density at radius 3 is 1.98 bits per heavy atom. The van der Waals surface area contributed by atoms with E-state index in [9.17, 15) is 0 Å². The molecule has 8 aromatic carbocycles. The Morgan fingerprint density at radius 1 is 0.500 bits per heavy atom. The van der Waals surface area contributed by atoms with E-state index in [4.69, 9.17) is 5.73 Å². The monoisotopic (exact) mass is 618 g/mol. The average Bonchev–Trinajstić information content (AvgIpc) is 3.35. The van der Waals surface area contributed by atoms with Crippen molar-refractivity contribution in [3.05, 3.63) is 174 Å². The predicted molar refractivity (Wildman–Crippen MR) is 207 cm³/mol. The molecule has 0 saturated heterocycles. The number of nitrogen functional groups attached to an aromatic ring is 1. The van der Waals surface area contributed by atoms with Gasteiger partial charge in [0.2, 0.25) is 0 Å². The zero-order chi connectivity index (χ0) is 32.8. The SMILES string of the molecule is Cc1c2ccccc2c(-c2ccc3ccccc3c2)c2cc3c(cc12)C(C)(C)c1ccccc1-3.Nc1ccccc1Nc1ccccc1. The minimum atomic E-state index is 0.00130. The van der Waals surface area contributed by atoms with E-state index in [0.29, 0.717) is 0 Å². The number of aryl methyl sites for hydroxylation is 1. The van der Waals surface area contributed by atoms with Crippen LogP contribution in [0.15, 0.2) is 158 Å². The summed E-state index contributed by atoms with van der Waals surface area (Å²) >= 11 is 0. The molecule has 0 aliphatic heterocycles. The average molecular weight is 619 g/mol. The molecule has 1 aliphatic carbocycles. The summed E-state index contributed by atoms with van der Waals surface area (Å²) in [5.41, 5.74) is 18.2. The summed E-state index contributed by atoms with van der Waals surface area (Å²) in [4.78, 5) is 0. The zero-order valence-corrected chi connectivity index (χ0v) is 27.6. The van der Waals surface area contributed by atoms with Crippen LogP contribution in [-0.4, -0.2) is 0 Å². The minimum Gasteiger partial charge on any atom is -0.397 e. The topological polar surface area (TPSA) is 38.0 Å². The summed E-state index contributed by atoms with van der Waals surface area (Å²) in [5.74, 6) is 0. The number of nitrogens with two attached hydrogens (primary N) is 1. The number of hydrogen-bond acceptors (Lipinski definition) is 2. The Bertz CT molecular complexity index is 2470. The largest absolute Gasteiger partial charge is 0.397 e. The number of hydrogen-bond donors (Lipinski definition) is 2. The molecule has 0 saturated carbocycles. The first-order chi connectivity index (χ1) is 23.4. The zero-order valence-electron chi connectivity index (χ0n) is 27.6. The lowest BCUT2D eigenvalue weighted by Crippen LogP contribution is -2.14. The molecule has 0 amide bonds. The van der Waals surface area contributed by atoms with Crippen molar-refractivity contribution in [1.82, 2.24) is 0 Å². The van der Waals surface area contributed by atoms with Crippen LogP contribution in [0, 0.1) is 6.92 Å². The molecule has 48 heavy (non-hydrogen) atoms. The number of fused-ring (bicyclic) bond motifs is 6. The molecule has 2 nitrogen and oxygen atoms in total. The Labute approximate surface area is 282 Å². The molecule has 0 bridgehead atoms. The molecule has 8 aromatic rings. The maximum absolute atomic E-state index is 5.81. The molecule has 0 aromatic heterocycles. The first-order valence-corrected chi connectivity index (χ1v) is 16.7. The maximum atomic E-state index is 5.81. The van der Waals surface area contributed by atoms with Crippen molar-refractivity contribution in [3.8, 4) is 22.3 Å². The van der Waals surface area contributed by atoms with Crippen molar-refractivity contribution in [2.24, 2.45) is 0 Å². The second-order valence-electron chi connectivity index (χ2n) is 13.3. The summed E-state index contributed by atoms with van der Waals surface area (Å²) in [6.07, 6.45) is 0. The highest BCUT2D eigenvalue weighted by molar-refractivity contribution is 6.17. The van der Waals surface area contributed by atoms with Gasteiger partial charge in [-0.15, -0.1) is 0 Å². The standard InChI is InChI=1S/C34H26.C12H12N2/c1-21-25-12-6-7-14-27(25)33(24-17-16-22-10-4-5-11-23(22)18-24)30-19-29-26-13-8-9-15-31(26)34(2,3)32(29)20-28(21)30;13-11-8-4-5-9-12(11)14-10-6-2-1-3-7-10/h4-20H,1-3H3;1-9,14H,13H2. The van der Waals surface area contributed by atoms with Crippen LogP contribution in [0.4, 0.5) is 17.1 Å². The minimum absolute atomic E-state index is 0.00130. The van der Waals surface area contributed by atoms with Gasteiger partial charge in [0.25, 0.3) is 0 Å². The number of para-hydroxylation sites is 3. The molecule has 2 heteroatoms. The van der Waals surface area contributed by atoms with E-state index in [-0.39, 0.29) is 5.41 Å². The third-order valence-corrected chi connectivity index (χ3v) is 10.0. The van der Waals surface area contributed by atoms with E-state index in [2.05, 4.69) is 129 Å². The van der Waals surface area contributed by atoms with Crippen LogP contribution in [0.1, 0.15) is 30.5 Å². The summed E-state index contributed by atoms with van der Waals surface area (Å²) in [7, 11) is 0. The second-order valence-corrected chi connectivity index (χ2v) is 13.3. The Balaban J connectivity index is 0.000000202. The van der Waals surface area contributed by atoms with E-state index in [0.717, 1.165) is 17.1 Å². The molecule has 232 valence electrons. The van der Waals surface area contributed by atoms with Crippen molar-refractivity contribution >= 4 is 49.4 Å². The summed E-state index contributed by atoms with van der Waals surface area (Å²) in [6.45, 7) is 7.02. The van der Waals surface area contributed by atoms with Gasteiger partial charge in [-0.2, -0.15) is 0 Å². The predicted octanol–water partition coefficient (Wildman–Crippen LogP) is 12.4. The number of nitrogens with one attached hydrogen (secondary N) is 1. The Kier molecular flexibility index (Phi) is 7.22. The lowest BCUT2D eigenvalue weighted by molar-refractivity contribution is 0.661. The van der Waals surface area contributed by atoms with Crippen molar-refractivity contribution in [3.63, 3.8) is 0 Å². The van der Waals surface area contributed by atoms with Gasteiger partial charge in [0, 0.05) is 11.1 Å². The Hall–Kier alpha value is -5.86. The van der Waals surface area contributed by atoms with Gasteiger partial charge in [-0.3, -0.25) is 0 Å². The van der Waals surface area contributed by atoms with Crippen LogP contribution in [0.25, 0.3) is 54.6 Å². The lowest BCUT2D eigenvalue weighted by Gasteiger charge is -2.23. The first kappa shape index (κ1) is 29.5. The molecule has 0 spiro atoms. The molecule has 0 radical (unpaired) electrons. The van der Waals surface area contributed by atoms with Gasteiger partial charge in [-0.05, 0) is 121 Å². The van der Waals surface area contributed by atoms with Crippen molar-refractivity contribution in [2.75, 3.05) is 11.1 Å². The number of anilines is 3. The highest BCUT2D eigenvalue weighted by Gasteiger charge is 2.35. The van der Waals surface area contributed by atoms with Crippen molar-refractivity contribution in [1.29, 1.82) is 0 Å². The molecule has 9 rings (SSSR count). The van der Waals surface area contributed by atoms with Gasteiger partial charge in [0.1, 0.15) is 0 Å². The van der Waals surface area contributed by atoms with Crippen LogP contribution in [0.5, 0.6) is 0 Å². The molecule has 0 unspecified atom stereocenters. The highest BCUT2D eigenvalue weighted by atomic mass is 14.9. The molecule has 0 atom stereocenters. The van der Waals surface area contributed by atoms with Crippen molar-refractivity contribution < 1.29 is 0 Å². The van der Waals surface area contributed by atoms with Gasteiger partial charge < -0.3 is 11.1 Å². The molecular weight excluding hydrogens is 581 g/mol. The van der Waals surface area contributed by atoms with E-state index in [1.165, 1.54) is 71.3 Å². The van der Waals surface area contributed by atoms with Gasteiger partial charge in [0.05, 0.1) is 11.4 Å². The number of rotatable bonds is 3. The van der Waals surface area contributed by atoms with Crippen LogP contribution >= 0.6 is 0 Å². The maximum Gasteiger partial charge on any atom is 0.0617 e. The van der Waals surface area contributed by atoms with Crippen LogP contribution in [0.3, 0.4) is 0 Å². The fraction of sp³-hybridized carbons (Fsp3) is 0.0870. The first-order valence-electron chi connectivity index (χ1n) is 16.7. The van der Waals surface area contributed by atoms with Gasteiger partial charge in [0.15, 0.2) is 0 Å². The van der Waals surface area contributed by atoms with Gasteiger partial charge >= 0.3 is 0 Å².